The number of nitrogens with zero attached hydrogens (tertiary/aromatic N) is 1. The maximum absolute atomic E-state index is 11.0. The van der Waals surface area contributed by atoms with Crippen LogP contribution >= 0.6 is 0 Å². The van der Waals surface area contributed by atoms with Crippen LogP contribution in [0.1, 0.15) is 29.3 Å². The Kier molecular flexibility index (Phi) is 4.69. The van der Waals surface area contributed by atoms with Gasteiger partial charge in [0.1, 0.15) is 12.2 Å². The minimum Gasteiger partial charge on any atom is -0.478 e. The van der Waals surface area contributed by atoms with Crippen LogP contribution in [0.4, 0.5) is 5.82 Å². The zero-order valence-corrected chi connectivity index (χ0v) is 9.77. The Morgan fingerprint density at radius 3 is 2.89 bits per heavy atom. The minimum atomic E-state index is -1.11. The fraction of sp³-hybridized carbons (Fsp3) is 0.250. The van der Waals surface area contributed by atoms with E-state index in [0.717, 1.165) is 6.20 Å². The third kappa shape index (κ3) is 3.79. The molecule has 3 N–H and O–H groups in total. The smallest absolute Gasteiger partial charge is 0.337 e. The van der Waals surface area contributed by atoms with Gasteiger partial charge in [0.15, 0.2) is 0 Å². The van der Waals surface area contributed by atoms with Crippen molar-refractivity contribution >= 4 is 17.8 Å². The second-order valence-corrected chi connectivity index (χ2v) is 3.25. The first kappa shape index (κ1) is 13.5. The van der Waals surface area contributed by atoms with E-state index in [0.29, 0.717) is 6.61 Å². The molecule has 0 aromatic carbocycles. The Morgan fingerprint density at radius 1 is 1.56 bits per heavy atom. The summed E-state index contributed by atoms with van der Waals surface area (Å²) in [7, 11) is 0. The SMILES string of the molecule is CCOC(=O)CC#Cc1cc(C(=O)O)cnc1N. The summed E-state index contributed by atoms with van der Waals surface area (Å²) in [5.41, 5.74) is 5.81. The van der Waals surface area contributed by atoms with E-state index in [4.69, 9.17) is 10.8 Å². The lowest BCUT2D eigenvalue weighted by Crippen LogP contribution is -2.03. The van der Waals surface area contributed by atoms with Crippen molar-refractivity contribution in [2.24, 2.45) is 0 Å². The van der Waals surface area contributed by atoms with Crippen molar-refractivity contribution in [1.82, 2.24) is 4.98 Å². The fourth-order valence-electron chi connectivity index (χ4n) is 1.12. The van der Waals surface area contributed by atoms with Crippen LogP contribution in [0.25, 0.3) is 0 Å². The highest BCUT2D eigenvalue weighted by molar-refractivity contribution is 5.88. The normalized spacial score (nSPS) is 9.17. The third-order valence-corrected chi connectivity index (χ3v) is 1.93. The van der Waals surface area contributed by atoms with E-state index < -0.39 is 11.9 Å². The fourth-order valence-corrected chi connectivity index (χ4v) is 1.12. The van der Waals surface area contributed by atoms with Crippen LogP contribution < -0.4 is 5.73 Å². The van der Waals surface area contributed by atoms with Gasteiger partial charge in [-0.1, -0.05) is 11.8 Å². The van der Waals surface area contributed by atoms with Gasteiger partial charge >= 0.3 is 11.9 Å². The van der Waals surface area contributed by atoms with Crippen LogP contribution in [0.5, 0.6) is 0 Å². The topological polar surface area (TPSA) is 103 Å². The number of anilines is 1. The first-order chi connectivity index (χ1) is 8.54. The summed E-state index contributed by atoms with van der Waals surface area (Å²) in [6.45, 7) is 1.99. The largest absolute Gasteiger partial charge is 0.478 e. The molecule has 1 aromatic rings. The second-order valence-electron chi connectivity index (χ2n) is 3.25. The molecule has 0 fully saturated rings. The molecule has 18 heavy (non-hydrogen) atoms. The number of carboxylic acids is 1. The van der Waals surface area contributed by atoms with Crippen molar-refractivity contribution in [2.45, 2.75) is 13.3 Å². The van der Waals surface area contributed by atoms with Crippen LogP contribution in [0.2, 0.25) is 0 Å². The predicted molar refractivity (Wildman–Crippen MR) is 63.7 cm³/mol. The first-order valence-corrected chi connectivity index (χ1v) is 5.18. The van der Waals surface area contributed by atoms with Crippen molar-refractivity contribution < 1.29 is 19.4 Å². The highest BCUT2D eigenvalue weighted by atomic mass is 16.5. The summed E-state index contributed by atoms with van der Waals surface area (Å²) in [4.78, 5) is 25.5. The quantitative estimate of drug-likeness (QED) is 0.602. The molecule has 1 rings (SSSR count). The van der Waals surface area contributed by atoms with E-state index in [1.165, 1.54) is 6.07 Å². The number of carbonyl (C=O) groups is 2. The minimum absolute atomic E-state index is 0.00960. The van der Waals surface area contributed by atoms with Gasteiger partial charge in [0.2, 0.25) is 0 Å². The average Bonchev–Trinajstić information content (AvgIpc) is 2.31. The molecule has 0 bridgehead atoms. The van der Waals surface area contributed by atoms with Crippen molar-refractivity contribution in [3.63, 3.8) is 0 Å². The molecule has 6 heteroatoms. The molecule has 1 heterocycles. The van der Waals surface area contributed by atoms with Crippen LogP contribution in [0.3, 0.4) is 0 Å². The number of pyridine rings is 1. The lowest BCUT2D eigenvalue weighted by atomic mass is 10.2. The molecular formula is C12H12N2O4. The molecule has 0 aliphatic carbocycles. The Labute approximate surface area is 104 Å². The van der Waals surface area contributed by atoms with Crippen LogP contribution in [0.15, 0.2) is 12.3 Å². The van der Waals surface area contributed by atoms with E-state index in [-0.39, 0.29) is 23.4 Å². The van der Waals surface area contributed by atoms with E-state index in [9.17, 15) is 9.59 Å². The highest BCUT2D eigenvalue weighted by Crippen LogP contribution is 2.09. The molecule has 0 aliphatic rings. The molecule has 0 saturated carbocycles. The van der Waals surface area contributed by atoms with Crippen molar-refractivity contribution in [3.8, 4) is 11.8 Å². The van der Waals surface area contributed by atoms with Crippen LogP contribution in [-0.2, 0) is 9.53 Å². The van der Waals surface area contributed by atoms with E-state index >= 15 is 0 Å². The highest BCUT2D eigenvalue weighted by Gasteiger charge is 2.06. The molecule has 0 saturated heterocycles. The number of nitrogens with two attached hydrogens (primary N) is 1. The molecule has 94 valence electrons. The van der Waals surface area contributed by atoms with Gasteiger partial charge in [-0.05, 0) is 13.0 Å². The maximum atomic E-state index is 11.0. The molecule has 0 unspecified atom stereocenters. The predicted octanol–water partition coefficient (Wildman–Crippen LogP) is 0.667. The van der Waals surface area contributed by atoms with Gasteiger partial charge in [-0.2, -0.15) is 0 Å². The zero-order chi connectivity index (χ0) is 13.5. The number of carbonyl (C=O) groups excluding carboxylic acids is 1. The van der Waals surface area contributed by atoms with Gasteiger partial charge in [0.25, 0.3) is 0 Å². The van der Waals surface area contributed by atoms with E-state index in [2.05, 4.69) is 21.6 Å². The maximum Gasteiger partial charge on any atom is 0.337 e. The number of aromatic nitrogens is 1. The molecule has 0 radical (unpaired) electrons. The molecule has 0 aliphatic heterocycles. The third-order valence-electron chi connectivity index (χ3n) is 1.93. The summed E-state index contributed by atoms with van der Waals surface area (Å²) in [6.07, 6.45) is 1.07. The van der Waals surface area contributed by atoms with Gasteiger partial charge in [0.05, 0.1) is 17.7 Å². The van der Waals surface area contributed by atoms with Crippen LogP contribution in [0, 0.1) is 11.8 Å². The Bertz CT molecular complexity index is 529. The van der Waals surface area contributed by atoms with Crippen molar-refractivity contribution in [3.05, 3.63) is 23.4 Å². The standard InChI is InChI=1S/C12H12N2O4/c1-2-18-10(15)5-3-4-8-6-9(12(16)17)7-14-11(8)13/h6-7H,2,5H2,1H3,(H2,13,14)(H,16,17). The number of esters is 1. The van der Waals surface area contributed by atoms with Crippen molar-refractivity contribution in [1.29, 1.82) is 0 Å². The van der Waals surface area contributed by atoms with Crippen LogP contribution in [-0.4, -0.2) is 28.6 Å². The number of rotatable bonds is 3. The number of hydrogen-bond acceptors (Lipinski definition) is 5. The van der Waals surface area contributed by atoms with Crippen molar-refractivity contribution in [2.75, 3.05) is 12.3 Å². The molecule has 0 atom stereocenters. The van der Waals surface area contributed by atoms with E-state index in [1.54, 1.807) is 6.92 Å². The lowest BCUT2D eigenvalue weighted by molar-refractivity contribution is -0.141. The van der Waals surface area contributed by atoms with E-state index in [1.807, 2.05) is 0 Å². The van der Waals surface area contributed by atoms with Gasteiger partial charge in [0, 0.05) is 6.20 Å². The molecule has 0 spiro atoms. The summed E-state index contributed by atoms with van der Waals surface area (Å²) in [5, 5.41) is 8.78. The number of aromatic carboxylic acids is 1. The molecule has 6 nitrogen and oxygen atoms in total. The zero-order valence-electron chi connectivity index (χ0n) is 9.77. The number of ether oxygens (including phenoxy) is 1. The summed E-state index contributed by atoms with van der Waals surface area (Å²) in [5.74, 6) is 3.72. The number of carboxylic acid groups (broad SMARTS) is 1. The summed E-state index contributed by atoms with van der Waals surface area (Å²) in [6, 6.07) is 1.31. The lowest BCUT2D eigenvalue weighted by Gasteiger charge is -1.99. The summed E-state index contributed by atoms with van der Waals surface area (Å²) < 4.78 is 4.69. The molecule has 1 aromatic heterocycles. The first-order valence-electron chi connectivity index (χ1n) is 5.18. The monoisotopic (exact) mass is 248 g/mol. The van der Waals surface area contributed by atoms with Gasteiger partial charge in [-0.15, -0.1) is 0 Å². The second kappa shape index (κ2) is 6.25. The summed E-state index contributed by atoms with van der Waals surface area (Å²) >= 11 is 0. The number of nitrogen functional groups attached to an aromatic ring is 1. The Balaban J connectivity index is 2.84. The van der Waals surface area contributed by atoms with Gasteiger partial charge in [-0.3, -0.25) is 4.79 Å². The van der Waals surface area contributed by atoms with Gasteiger partial charge in [-0.25, -0.2) is 9.78 Å². The Morgan fingerprint density at radius 2 is 2.28 bits per heavy atom. The average molecular weight is 248 g/mol. The number of hydrogen-bond donors (Lipinski definition) is 2. The molecular weight excluding hydrogens is 236 g/mol. The Hall–Kier alpha value is -2.55. The van der Waals surface area contributed by atoms with Gasteiger partial charge < -0.3 is 15.6 Å². The molecule has 0 amide bonds.